The molecule has 0 spiro atoms. The molecule has 1 atom stereocenters. The minimum absolute atomic E-state index is 0.0607. The molecule has 2 aliphatic rings. The van der Waals surface area contributed by atoms with Crippen molar-refractivity contribution in [3.8, 4) is 0 Å². The molecular formula is C19H31N5O2. The number of carbonyl (C=O) groups excluding carboxylic acids is 2. The van der Waals surface area contributed by atoms with E-state index in [2.05, 4.69) is 10.4 Å². The zero-order chi connectivity index (χ0) is 18.5. The maximum absolute atomic E-state index is 13.0. The molecule has 0 bridgehead atoms. The highest BCUT2D eigenvalue weighted by Gasteiger charge is 2.29. The molecule has 1 aliphatic carbocycles. The smallest absolute Gasteiger partial charge is 0.244 e. The number of hydrogen-bond donors (Lipinski definition) is 1. The van der Waals surface area contributed by atoms with Gasteiger partial charge in [-0.3, -0.25) is 14.3 Å². The van der Waals surface area contributed by atoms with Gasteiger partial charge in [0.15, 0.2) is 0 Å². The van der Waals surface area contributed by atoms with Crippen molar-refractivity contribution in [3.63, 3.8) is 0 Å². The van der Waals surface area contributed by atoms with Crippen LogP contribution in [0.25, 0.3) is 0 Å². The number of carbonyl (C=O) groups is 2. The van der Waals surface area contributed by atoms with E-state index in [9.17, 15) is 9.59 Å². The SMILES string of the molecule is CNC(C(=O)N1CCCN(C(=O)CC2CCCC2)CC1)c1cnn(C)c1. The van der Waals surface area contributed by atoms with Crippen molar-refractivity contribution in [2.45, 2.75) is 44.6 Å². The average Bonchev–Trinajstić information content (AvgIpc) is 3.21. The molecule has 1 aromatic heterocycles. The second-order valence-corrected chi connectivity index (χ2v) is 7.58. The van der Waals surface area contributed by atoms with Gasteiger partial charge in [-0.25, -0.2) is 0 Å². The van der Waals surface area contributed by atoms with E-state index in [4.69, 9.17) is 0 Å². The summed E-state index contributed by atoms with van der Waals surface area (Å²) < 4.78 is 1.71. The summed E-state index contributed by atoms with van der Waals surface area (Å²) in [6, 6.07) is -0.385. The molecule has 1 saturated carbocycles. The van der Waals surface area contributed by atoms with Gasteiger partial charge in [-0.15, -0.1) is 0 Å². The predicted octanol–water partition coefficient (Wildman–Crippen LogP) is 1.32. The third-order valence-corrected chi connectivity index (χ3v) is 5.69. The average molecular weight is 361 g/mol. The number of nitrogens with zero attached hydrogens (tertiary/aromatic N) is 4. The zero-order valence-corrected chi connectivity index (χ0v) is 16.0. The molecule has 2 fully saturated rings. The van der Waals surface area contributed by atoms with Crippen LogP contribution in [0.5, 0.6) is 0 Å². The third-order valence-electron chi connectivity index (χ3n) is 5.69. The fraction of sp³-hybridized carbons (Fsp3) is 0.737. The highest BCUT2D eigenvalue weighted by molar-refractivity contribution is 5.83. The first-order chi connectivity index (χ1) is 12.6. The Labute approximate surface area is 155 Å². The second kappa shape index (κ2) is 8.66. The first-order valence-electron chi connectivity index (χ1n) is 9.81. The normalized spacial score (nSPS) is 20.2. The Hall–Kier alpha value is -1.89. The van der Waals surface area contributed by atoms with E-state index < -0.39 is 0 Å². The molecule has 26 heavy (non-hydrogen) atoms. The second-order valence-electron chi connectivity index (χ2n) is 7.58. The van der Waals surface area contributed by atoms with Crippen LogP contribution in [0.1, 0.15) is 50.1 Å². The van der Waals surface area contributed by atoms with Gasteiger partial charge in [0, 0.05) is 51.4 Å². The van der Waals surface area contributed by atoms with Crippen molar-refractivity contribution in [3.05, 3.63) is 18.0 Å². The molecule has 144 valence electrons. The topological polar surface area (TPSA) is 70.5 Å². The summed E-state index contributed by atoms with van der Waals surface area (Å²) in [7, 11) is 3.64. The summed E-state index contributed by atoms with van der Waals surface area (Å²) in [6.45, 7) is 2.70. The third kappa shape index (κ3) is 4.44. The van der Waals surface area contributed by atoms with Gasteiger partial charge in [-0.2, -0.15) is 5.10 Å². The molecule has 1 aliphatic heterocycles. The molecule has 7 heteroatoms. The lowest BCUT2D eigenvalue weighted by Gasteiger charge is -2.26. The van der Waals surface area contributed by atoms with E-state index in [1.54, 1.807) is 17.9 Å². The molecule has 1 aromatic rings. The first kappa shape index (κ1) is 18.9. The van der Waals surface area contributed by atoms with Crippen LogP contribution in [0.3, 0.4) is 0 Å². The fourth-order valence-electron chi connectivity index (χ4n) is 4.18. The Bertz CT molecular complexity index is 623. The van der Waals surface area contributed by atoms with Crippen molar-refractivity contribution in [1.29, 1.82) is 0 Å². The summed E-state index contributed by atoms with van der Waals surface area (Å²) in [4.78, 5) is 29.4. The summed E-state index contributed by atoms with van der Waals surface area (Å²) >= 11 is 0. The van der Waals surface area contributed by atoms with Crippen LogP contribution < -0.4 is 5.32 Å². The number of aromatic nitrogens is 2. The van der Waals surface area contributed by atoms with Crippen LogP contribution in [0.15, 0.2) is 12.4 Å². The summed E-state index contributed by atoms with van der Waals surface area (Å²) in [5, 5.41) is 7.27. The van der Waals surface area contributed by atoms with Gasteiger partial charge in [0.25, 0.3) is 0 Å². The predicted molar refractivity (Wildman–Crippen MR) is 99.4 cm³/mol. The number of aryl methyl sites for hydroxylation is 1. The highest BCUT2D eigenvalue weighted by atomic mass is 16.2. The maximum atomic E-state index is 13.0. The van der Waals surface area contributed by atoms with Crippen molar-refractivity contribution < 1.29 is 9.59 Å². The van der Waals surface area contributed by atoms with Crippen LogP contribution in [0, 0.1) is 5.92 Å². The van der Waals surface area contributed by atoms with Gasteiger partial charge in [0.05, 0.1) is 6.20 Å². The Kier molecular flexibility index (Phi) is 6.29. The summed E-state index contributed by atoms with van der Waals surface area (Å²) in [6.07, 6.45) is 10.0. The van der Waals surface area contributed by atoms with E-state index in [0.717, 1.165) is 18.5 Å². The Morgan fingerprint density at radius 3 is 2.50 bits per heavy atom. The number of likely N-dealkylation sites (N-methyl/N-ethyl adjacent to an activating group) is 1. The molecule has 1 N–H and O–H groups in total. The number of amides is 2. The van der Waals surface area contributed by atoms with Gasteiger partial charge < -0.3 is 15.1 Å². The monoisotopic (exact) mass is 361 g/mol. The molecule has 2 amide bonds. The largest absolute Gasteiger partial charge is 0.341 e. The van der Waals surface area contributed by atoms with E-state index >= 15 is 0 Å². The van der Waals surface area contributed by atoms with Gasteiger partial charge in [-0.1, -0.05) is 12.8 Å². The molecule has 0 aromatic carbocycles. The fourth-order valence-corrected chi connectivity index (χ4v) is 4.18. The van der Waals surface area contributed by atoms with Crippen molar-refractivity contribution in [2.24, 2.45) is 13.0 Å². The molecule has 0 radical (unpaired) electrons. The van der Waals surface area contributed by atoms with Gasteiger partial charge in [0.2, 0.25) is 11.8 Å². The van der Waals surface area contributed by atoms with Gasteiger partial charge in [-0.05, 0) is 32.2 Å². The van der Waals surface area contributed by atoms with E-state index in [1.807, 2.05) is 23.0 Å². The highest BCUT2D eigenvalue weighted by Crippen LogP contribution is 2.28. The zero-order valence-electron chi connectivity index (χ0n) is 16.0. The van der Waals surface area contributed by atoms with Crippen LogP contribution in [0.4, 0.5) is 0 Å². The lowest BCUT2D eigenvalue weighted by Crippen LogP contribution is -2.42. The van der Waals surface area contributed by atoms with Crippen molar-refractivity contribution >= 4 is 11.8 Å². The van der Waals surface area contributed by atoms with Crippen molar-refractivity contribution in [2.75, 3.05) is 33.2 Å². The summed E-state index contributed by atoms with van der Waals surface area (Å²) in [5.41, 5.74) is 0.874. The molecule has 3 rings (SSSR count). The van der Waals surface area contributed by atoms with E-state index in [1.165, 1.54) is 25.7 Å². The van der Waals surface area contributed by atoms with Gasteiger partial charge in [0.1, 0.15) is 6.04 Å². The van der Waals surface area contributed by atoms with Crippen LogP contribution in [-0.2, 0) is 16.6 Å². The minimum atomic E-state index is -0.385. The Morgan fingerprint density at radius 1 is 1.15 bits per heavy atom. The number of rotatable bonds is 5. The maximum Gasteiger partial charge on any atom is 0.244 e. The minimum Gasteiger partial charge on any atom is -0.341 e. The molecular weight excluding hydrogens is 330 g/mol. The number of nitrogens with one attached hydrogen (secondary N) is 1. The lowest BCUT2D eigenvalue weighted by molar-refractivity contribution is -0.135. The van der Waals surface area contributed by atoms with Crippen molar-refractivity contribution in [1.82, 2.24) is 24.9 Å². The van der Waals surface area contributed by atoms with Crippen LogP contribution >= 0.6 is 0 Å². The van der Waals surface area contributed by atoms with Crippen LogP contribution in [-0.4, -0.2) is 64.6 Å². The van der Waals surface area contributed by atoms with E-state index in [0.29, 0.717) is 32.0 Å². The molecule has 1 saturated heterocycles. The number of hydrogen-bond acceptors (Lipinski definition) is 4. The van der Waals surface area contributed by atoms with Crippen LogP contribution in [0.2, 0.25) is 0 Å². The van der Waals surface area contributed by atoms with Gasteiger partial charge >= 0.3 is 0 Å². The standard InChI is InChI=1S/C19H31N5O2/c1-20-18(16-13-21-22(2)14-16)19(26)24-9-5-8-23(10-11-24)17(25)12-15-6-3-4-7-15/h13-15,18,20H,3-12H2,1-2H3. The molecule has 2 heterocycles. The molecule has 1 unspecified atom stereocenters. The first-order valence-corrected chi connectivity index (χ1v) is 9.81. The quantitative estimate of drug-likeness (QED) is 0.859. The molecule has 7 nitrogen and oxygen atoms in total. The Balaban J connectivity index is 1.56. The van der Waals surface area contributed by atoms with E-state index in [-0.39, 0.29) is 17.9 Å². The lowest BCUT2D eigenvalue weighted by atomic mass is 10.0. The Morgan fingerprint density at radius 2 is 1.85 bits per heavy atom. The summed E-state index contributed by atoms with van der Waals surface area (Å²) in [5.74, 6) is 0.900.